The molecule has 0 bridgehead atoms. The fourth-order valence-electron chi connectivity index (χ4n) is 3.65. The summed E-state index contributed by atoms with van der Waals surface area (Å²) in [6.45, 7) is 7.93. The van der Waals surface area contributed by atoms with Crippen LogP contribution in [0.4, 0.5) is 16.3 Å². The molecule has 2 aromatic carbocycles. The van der Waals surface area contributed by atoms with Crippen LogP contribution in [0.25, 0.3) is 0 Å². The topological polar surface area (TPSA) is 106 Å². The largest absolute Gasteiger partial charge is 0.497 e. The van der Waals surface area contributed by atoms with Gasteiger partial charge in [-0.2, -0.15) is 0 Å². The molecule has 9 nitrogen and oxygen atoms in total. The van der Waals surface area contributed by atoms with Crippen LogP contribution in [0.1, 0.15) is 44.5 Å². The van der Waals surface area contributed by atoms with E-state index in [4.69, 9.17) is 19.2 Å². The number of aliphatic hydroxyl groups excluding tert-OH is 1. The number of nitrogens with one attached hydrogen (secondary N) is 1. The van der Waals surface area contributed by atoms with Crippen molar-refractivity contribution < 1.29 is 24.1 Å². The number of ether oxygens (including phenoxy) is 3. The van der Waals surface area contributed by atoms with Gasteiger partial charge in [-0.05, 0) is 61.9 Å². The van der Waals surface area contributed by atoms with E-state index in [1.54, 1.807) is 35.0 Å². The van der Waals surface area contributed by atoms with E-state index in [0.29, 0.717) is 35.4 Å². The first-order chi connectivity index (χ1) is 18.1. The predicted molar refractivity (Wildman–Crippen MR) is 150 cm³/mol. The quantitative estimate of drug-likeness (QED) is 0.236. The summed E-state index contributed by atoms with van der Waals surface area (Å²) in [6, 6.07) is 15.5. The number of methoxy groups -OCH3 is 2. The van der Waals surface area contributed by atoms with Crippen molar-refractivity contribution in [1.29, 1.82) is 0 Å². The number of benzene rings is 2. The monoisotopic (exact) mass is 540 g/mol. The molecule has 2 N–H and O–H groups in total. The predicted octanol–water partition coefficient (Wildman–Crippen LogP) is 5.65. The molecule has 0 aliphatic carbocycles. The van der Waals surface area contributed by atoms with Gasteiger partial charge in [0.1, 0.15) is 22.8 Å². The van der Waals surface area contributed by atoms with E-state index in [0.717, 1.165) is 28.4 Å². The summed E-state index contributed by atoms with van der Waals surface area (Å²) < 4.78 is 16.1. The number of amides is 1. The van der Waals surface area contributed by atoms with Gasteiger partial charge >= 0.3 is 6.09 Å². The average Bonchev–Trinajstić information content (AvgIpc) is 2.89. The summed E-state index contributed by atoms with van der Waals surface area (Å²) in [5.74, 6) is 2.75. The number of hydrogen-bond donors (Lipinski definition) is 2. The summed E-state index contributed by atoms with van der Waals surface area (Å²) in [5, 5.41) is 13.5. The highest BCUT2D eigenvalue weighted by molar-refractivity contribution is 7.99. The average molecular weight is 541 g/mol. The molecule has 10 heteroatoms. The maximum Gasteiger partial charge on any atom is 0.412 e. The lowest BCUT2D eigenvalue weighted by molar-refractivity contribution is 0.0635. The molecule has 0 aliphatic rings. The van der Waals surface area contributed by atoms with E-state index in [2.05, 4.69) is 10.3 Å². The van der Waals surface area contributed by atoms with E-state index < -0.39 is 11.7 Å². The van der Waals surface area contributed by atoms with Crippen molar-refractivity contribution in [3.05, 3.63) is 65.4 Å². The van der Waals surface area contributed by atoms with E-state index in [1.165, 1.54) is 11.8 Å². The van der Waals surface area contributed by atoms with Gasteiger partial charge in [-0.25, -0.2) is 14.8 Å². The Morgan fingerprint density at radius 1 is 0.947 bits per heavy atom. The number of aliphatic hydroxyl groups is 1. The van der Waals surface area contributed by atoms with Gasteiger partial charge in [0, 0.05) is 13.1 Å². The SMILES string of the molecule is CCSc1nc(CO)c(NC(=O)OC(C)(C)C)c(N(Cc2ccc(OC)cc2)Cc2ccc(OC)cc2)n1. The number of thioether (sulfide) groups is 1. The molecule has 1 heterocycles. The summed E-state index contributed by atoms with van der Waals surface area (Å²) >= 11 is 1.46. The molecular formula is C28H36N4O5S. The molecule has 204 valence electrons. The first-order valence-electron chi connectivity index (χ1n) is 12.3. The van der Waals surface area contributed by atoms with Crippen molar-refractivity contribution >= 4 is 29.4 Å². The Morgan fingerprint density at radius 2 is 1.47 bits per heavy atom. The maximum absolute atomic E-state index is 12.8. The van der Waals surface area contributed by atoms with E-state index >= 15 is 0 Å². The molecule has 0 unspecified atom stereocenters. The van der Waals surface area contributed by atoms with E-state index in [9.17, 15) is 9.90 Å². The first-order valence-corrected chi connectivity index (χ1v) is 13.3. The number of carbonyl (C=O) groups excluding carboxylic acids is 1. The van der Waals surface area contributed by atoms with Gasteiger partial charge < -0.3 is 24.2 Å². The third-order valence-electron chi connectivity index (χ3n) is 5.36. The Labute approximate surface area is 228 Å². The summed E-state index contributed by atoms with van der Waals surface area (Å²) in [7, 11) is 3.26. The zero-order valence-corrected chi connectivity index (χ0v) is 23.6. The van der Waals surface area contributed by atoms with Crippen molar-refractivity contribution in [2.45, 2.75) is 58.1 Å². The highest BCUT2D eigenvalue weighted by Crippen LogP contribution is 2.33. The van der Waals surface area contributed by atoms with Crippen molar-refractivity contribution in [2.75, 3.05) is 30.2 Å². The molecule has 0 aliphatic heterocycles. The van der Waals surface area contributed by atoms with Crippen molar-refractivity contribution in [2.24, 2.45) is 0 Å². The van der Waals surface area contributed by atoms with Crippen molar-refractivity contribution in [1.82, 2.24) is 9.97 Å². The Bertz CT molecular complexity index is 1150. The lowest BCUT2D eigenvalue weighted by Gasteiger charge is -2.28. The second-order valence-corrected chi connectivity index (χ2v) is 10.7. The minimum Gasteiger partial charge on any atom is -0.497 e. The molecule has 38 heavy (non-hydrogen) atoms. The van der Waals surface area contributed by atoms with Crippen LogP contribution < -0.4 is 19.7 Å². The third kappa shape index (κ3) is 8.26. The molecule has 1 amide bonds. The molecule has 0 atom stereocenters. The van der Waals surface area contributed by atoms with Crippen LogP contribution in [0.2, 0.25) is 0 Å². The van der Waals surface area contributed by atoms with Gasteiger partial charge in [-0.1, -0.05) is 43.0 Å². The number of hydrogen-bond acceptors (Lipinski definition) is 9. The van der Waals surface area contributed by atoms with Gasteiger partial charge in [-0.15, -0.1) is 0 Å². The zero-order valence-electron chi connectivity index (χ0n) is 22.8. The van der Waals surface area contributed by atoms with Gasteiger partial charge in [0.05, 0.1) is 26.5 Å². The number of nitrogens with zero attached hydrogens (tertiary/aromatic N) is 3. The lowest BCUT2D eigenvalue weighted by atomic mass is 10.1. The number of carbonyl (C=O) groups is 1. The minimum atomic E-state index is -0.700. The van der Waals surface area contributed by atoms with Crippen molar-refractivity contribution in [3.8, 4) is 11.5 Å². The Kier molecular flexibility index (Phi) is 10.2. The summed E-state index contributed by atoms with van der Waals surface area (Å²) in [6.07, 6.45) is -0.651. The first kappa shape index (κ1) is 29.1. The van der Waals surface area contributed by atoms with Crippen LogP contribution in [0, 0.1) is 0 Å². The Balaban J connectivity index is 2.10. The molecule has 0 radical (unpaired) electrons. The second kappa shape index (κ2) is 13.3. The normalized spacial score (nSPS) is 11.1. The van der Waals surface area contributed by atoms with Crippen LogP contribution in [-0.2, 0) is 24.4 Å². The molecule has 0 spiro atoms. The van der Waals surface area contributed by atoms with Crippen LogP contribution >= 0.6 is 11.8 Å². The molecule has 0 fully saturated rings. The van der Waals surface area contributed by atoms with Crippen LogP contribution in [0.5, 0.6) is 11.5 Å². The second-order valence-electron chi connectivity index (χ2n) is 9.42. The van der Waals surface area contributed by atoms with Crippen LogP contribution in [0.15, 0.2) is 53.7 Å². The maximum atomic E-state index is 12.8. The fraction of sp³-hybridized carbons (Fsp3) is 0.393. The summed E-state index contributed by atoms with van der Waals surface area (Å²) in [5.41, 5.74) is 1.94. The number of rotatable bonds is 11. The molecule has 3 aromatic rings. The van der Waals surface area contributed by atoms with Gasteiger partial charge in [0.2, 0.25) is 0 Å². The van der Waals surface area contributed by atoms with E-state index in [-0.39, 0.29) is 6.61 Å². The zero-order chi connectivity index (χ0) is 27.7. The van der Waals surface area contributed by atoms with E-state index in [1.807, 2.05) is 60.4 Å². The minimum absolute atomic E-state index is 0.309. The van der Waals surface area contributed by atoms with Gasteiger partial charge in [0.25, 0.3) is 0 Å². The number of aromatic nitrogens is 2. The highest BCUT2D eigenvalue weighted by Gasteiger charge is 2.24. The standard InChI is InChI=1S/C28H36N4O5S/c1-7-38-26-29-23(18-33)24(30-27(34)37-28(2,3)4)25(31-26)32(16-19-8-12-21(35-5)13-9-19)17-20-10-14-22(36-6)15-11-20/h8-15,33H,7,16-18H2,1-6H3,(H,30,34). The molecule has 0 saturated carbocycles. The fourth-order valence-corrected chi connectivity index (χ4v) is 4.23. The Hall–Kier alpha value is -3.50. The Morgan fingerprint density at radius 3 is 1.89 bits per heavy atom. The molecular weight excluding hydrogens is 504 g/mol. The van der Waals surface area contributed by atoms with Gasteiger partial charge in [-0.3, -0.25) is 5.32 Å². The highest BCUT2D eigenvalue weighted by atomic mass is 32.2. The molecule has 0 saturated heterocycles. The summed E-state index contributed by atoms with van der Waals surface area (Å²) in [4.78, 5) is 24.2. The smallest absolute Gasteiger partial charge is 0.412 e. The van der Waals surface area contributed by atoms with Crippen molar-refractivity contribution in [3.63, 3.8) is 0 Å². The van der Waals surface area contributed by atoms with Gasteiger partial charge in [0.15, 0.2) is 11.0 Å². The van der Waals surface area contributed by atoms with Crippen LogP contribution in [0.3, 0.4) is 0 Å². The van der Waals surface area contributed by atoms with Crippen LogP contribution in [-0.4, -0.2) is 46.7 Å². The molecule has 3 rings (SSSR count). The lowest BCUT2D eigenvalue weighted by Crippen LogP contribution is -2.30. The number of anilines is 2. The third-order valence-corrected chi connectivity index (χ3v) is 6.09. The molecule has 1 aromatic heterocycles.